The summed E-state index contributed by atoms with van der Waals surface area (Å²) in [6.07, 6.45) is 39.0. The summed E-state index contributed by atoms with van der Waals surface area (Å²) in [6, 6.07) is 0. The topological polar surface area (TPSA) is 35.5 Å². The Labute approximate surface area is 276 Å². The fourth-order valence-corrected chi connectivity index (χ4v) is 8.96. The molecule has 1 rings (SSSR count). The molecule has 0 spiro atoms. The van der Waals surface area contributed by atoms with Crippen molar-refractivity contribution in [3.63, 3.8) is 0 Å². The van der Waals surface area contributed by atoms with E-state index >= 15 is 0 Å². The van der Waals surface area contributed by atoms with Gasteiger partial charge in [0.15, 0.2) is 0 Å². The molecule has 0 aromatic heterocycles. The van der Waals surface area contributed by atoms with E-state index < -0.39 is 7.60 Å². The number of allylic oxidation sites excluding steroid dienone is 3. The van der Waals surface area contributed by atoms with Crippen LogP contribution in [0.2, 0.25) is 0 Å². The van der Waals surface area contributed by atoms with Crippen molar-refractivity contribution in [3.8, 4) is 0 Å². The van der Waals surface area contributed by atoms with Crippen molar-refractivity contribution in [3.05, 3.63) is 24.0 Å². The maximum atomic E-state index is 14.4. The van der Waals surface area contributed by atoms with Crippen molar-refractivity contribution >= 4 is 7.60 Å². The Balaban J connectivity index is 2.91. The van der Waals surface area contributed by atoms with Crippen molar-refractivity contribution in [2.45, 2.75) is 202 Å². The predicted molar refractivity (Wildman–Crippen MR) is 196 cm³/mol. The Morgan fingerprint density at radius 2 is 1.14 bits per heavy atom. The third-order valence-corrected chi connectivity index (χ3v) is 12.2. The second kappa shape index (κ2) is 26.5. The second-order valence-corrected chi connectivity index (χ2v) is 16.3. The van der Waals surface area contributed by atoms with Gasteiger partial charge < -0.3 is 4.52 Å². The number of hydrogen-bond acceptors (Lipinski definition) is 3. The highest BCUT2D eigenvalue weighted by molar-refractivity contribution is 7.54. The van der Waals surface area contributed by atoms with Gasteiger partial charge in [-0.2, -0.15) is 0 Å². The first kappa shape index (κ1) is 41.5. The zero-order chi connectivity index (χ0) is 32.4. The summed E-state index contributed by atoms with van der Waals surface area (Å²) >= 11 is 0. The molecule has 0 saturated heterocycles. The zero-order valence-corrected chi connectivity index (χ0v) is 31.5. The molecule has 44 heavy (non-hydrogen) atoms. The van der Waals surface area contributed by atoms with E-state index in [-0.39, 0.29) is 5.41 Å². The molecule has 4 heteroatoms. The molecule has 1 aliphatic rings. The van der Waals surface area contributed by atoms with Crippen molar-refractivity contribution in [1.29, 1.82) is 0 Å². The van der Waals surface area contributed by atoms with Crippen LogP contribution in [0.5, 0.6) is 0 Å². The molecule has 260 valence electrons. The van der Waals surface area contributed by atoms with Gasteiger partial charge in [0.1, 0.15) is 5.76 Å². The van der Waals surface area contributed by atoms with Crippen LogP contribution < -0.4 is 0 Å². The van der Waals surface area contributed by atoms with Crippen molar-refractivity contribution < 1.29 is 13.6 Å². The molecule has 0 heterocycles. The van der Waals surface area contributed by atoms with Gasteiger partial charge in [0.2, 0.25) is 0 Å². The van der Waals surface area contributed by atoms with Crippen LogP contribution in [0, 0.1) is 17.3 Å². The zero-order valence-electron chi connectivity index (χ0n) is 30.7. The summed E-state index contributed by atoms with van der Waals surface area (Å²) in [4.78, 5) is 0. The fraction of sp³-hybridized carbons (Fsp3) is 0.900. The smallest absolute Gasteiger partial charge is 0.379 e. The van der Waals surface area contributed by atoms with Crippen LogP contribution in [0.15, 0.2) is 24.0 Å². The molecule has 0 amide bonds. The highest BCUT2D eigenvalue weighted by Crippen LogP contribution is 2.54. The average molecular weight is 637 g/mol. The van der Waals surface area contributed by atoms with E-state index in [1.165, 1.54) is 128 Å². The first-order chi connectivity index (χ1) is 21.4. The first-order valence-electron chi connectivity index (χ1n) is 19.7. The van der Waals surface area contributed by atoms with E-state index in [1.807, 2.05) is 0 Å². The minimum atomic E-state index is -3.24. The summed E-state index contributed by atoms with van der Waals surface area (Å²) < 4.78 is 27.2. The van der Waals surface area contributed by atoms with E-state index in [9.17, 15) is 4.57 Å². The van der Waals surface area contributed by atoms with Gasteiger partial charge in [0.05, 0.1) is 12.8 Å². The van der Waals surface area contributed by atoms with Crippen molar-refractivity contribution in [2.75, 3.05) is 12.8 Å². The molecule has 3 atom stereocenters. The number of rotatable bonds is 31. The molecule has 0 aromatic carbocycles. The lowest BCUT2D eigenvalue weighted by Gasteiger charge is -2.34. The van der Waals surface area contributed by atoms with Crippen LogP contribution in [-0.4, -0.2) is 12.8 Å². The van der Waals surface area contributed by atoms with Crippen LogP contribution in [0.1, 0.15) is 202 Å². The summed E-state index contributed by atoms with van der Waals surface area (Å²) in [5.41, 5.74) is 0.227. The normalized spacial score (nSPS) is 17.3. The van der Waals surface area contributed by atoms with Gasteiger partial charge in [0.25, 0.3) is 0 Å². The highest BCUT2D eigenvalue weighted by atomic mass is 31.2. The van der Waals surface area contributed by atoms with Crippen LogP contribution in [-0.2, 0) is 13.6 Å². The second-order valence-electron chi connectivity index (χ2n) is 14.3. The minimum absolute atomic E-state index is 0.227. The molecular weight excluding hydrogens is 559 g/mol. The van der Waals surface area contributed by atoms with E-state index in [0.29, 0.717) is 24.6 Å². The lowest BCUT2D eigenvalue weighted by molar-refractivity contribution is 0.189. The van der Waals surface area contributed by atoms with Gasteiger partial charge in [-0.25, -0.2) is 4.57 Å². The third kappa shape index (κ3) is 19.2. The Hall–Kier alpha value is -0.530. The molecular formula is C40H77O3P. The molecule has 1 aliphatic carbocycles. The Morgan fingerprint density at radius 3 is 1.59 bits per heavy atom. The molecule has 0 aliphatic heterocycles. The molecule has 3 nitrogen and oxygen atoms in total. The summed E-state index contributed by atoms with van der Waals surface area (Å²) in [7, 11) is -3.24. The van der Waals surface area contributed by atoms with Crippen molar-refractivity contribution in [2.24, 2.45) is 17.3 Å². The molecule has 0 saturated carbocycles. The molecule has 0 aromatic rings. The Bertz CT molecular complexity index is 755. The van der Waals surface area contributed by atoms with Crippen LogP contribution in [0.3, 0.4) is 0 Å². The fourth-order valence-electron chi connectivity index (χ4n) is 6.76. The maximum absolute atomic E-state index is 14.4. The van der Waals surface area contributed by atoms with Crippen LogP contribution in [0.25, 0.3) is 0 Å². The molecule has 0 bridgehead atoms. The molecule has 3 unspecified atom stereocenters. The van der Waals surface area contributed by atoms with Crippen LogP contribution >= 0.6 is 7.60 Å². The minimum Gasteiger partial charge on any atom is -0.425 e. The quantitative estimate of drug-likeness (QED) is 0.0561. The largest absolute Gasteiger partial charge is 0.425 e. The van der Waals surface area contributed by atoms with Crippen LogP contribution in [0.4, 0.5) is 0 Å². The average Bonchev–Trinajstić information content (AvgIpc) is 3.03. The van der Waals surface area contributed by atoms with Gasteiger partial charge in [-0.15, -0.1) is 0 Å². The van der Waals surface area contributed by atoms with E-state index in [0.717, 1.165) is 37.9 Å². The van der Waals surface area contributed by atoms with E-state index in [2.05, 4.69) is 59.8 Å². The maximum Gasteiger partial charge on any atom is 0.379 e. The summed E-state index contributed by atoms with van der Waals surface area (Å²) in [5.74, 6) is 1.63. The third-order valence-electron chi connectivity index (χ3n) is 10.2. The standard InChI is InChI=1S/C40H77O3P/c1-7-13-17-19-21-23-25-31-40(32-26-24-22-20-18-14-8-2)33-29-39(30-34-40)43-44(41,36-38(12-6)28-16-10-4)42-35-37(11-5)27-15-9-3/h29-30,33,37-38H,7-28,31-32,34-36H2,1-6H3. The van der Waals surface area contributed by atoms with Gasteiger partial charge in [-0.05, 0) is 61.5 Å². The SMILES string of the molecule is CCCCCCCCCC1(CCCCCCCCC)C=CC(OP(=O)(CC(CC)CCCC)OCC(CC)CCCC)=CC1. The van der Waals surface area contributed by atoms with Gasteiger partial charge >= 0.3 is 7.60 Å². The number of unbranched alkanes of at least 4 members (excludes halogenated alkanes) is 14. The van der Waals surface area contributed by atoms with Crippen molar-refractivity contribution in [1.82, 2.24) is 0 Å². The number of hydrogen-bond donors (Lipinski definition) is 0. The predicted octanol–water partition coefficient (Wildman–Crippen LogP) is 14.8. The lowest BCUT2D eigenvalue weighted by atomic mass is 9.73. The highest BCUT2D eigenvalue weighted by Gasteiger charge is 2.34. The van der Waals surface area contributed by atoms with Gasteiger partial charge in [-0.1, -0.05) is 176 Å². The van der Waals surface area contributed by atoms with Gasteiger partial charge in [-0.3, -0.25) is 4.52 Å². The monoisotopic (exact) mass is 637 g/mol. The molecule has 0 fully saturated rings. The Kier molecular flexibility index (Phi) is 25.0. The van der Waals surface area contributed by atoms with Gasteiger partial charge in [0, 0.05) is 0 Å². The summed E-state index contributed by atoms with van der Waals surface area (Å²) in [5, 5.41) is 0. The molecule has 0 radical (unpaired) electrons. The van der Waals surface area contributed by atoms with E-state index in [1.54, 1.807) is 0 Å². The summed E-state index contributed by atoms with van der Waals surface area (Å²) in [6.45, 7) is 14.1. The Morgan fingerprint density at radius 1 is 0.659 bits per heavy atom. The van der Waals surface area contributed by atoms with E-state index in [4.69, 9.17) is 9.05 Å². The lowest BCUT2D eigenvalue weighted by Crippen LogP contribution is -2.20. The molecule has 0 N–H and O–H groups in total. The first-order valence-corrected chi connectivity index (χ1v) is 21.4.